The molecule has 0 radical (unpaired) electrons. The standard InChI is InChI=1S/C17H17N3O/c18-11-13-2-1-3-14(10-13)15(21)20-17-7-4-16(12-19,5-8-17)6-9-17/h1-3,10H,4-9H2,(H,20,21). The molecule has 21 heavy (non-hydrogen) atoms. The highest BCUT2D eigenvalue weighted by molar-refractivity contribution is 5.95. The molecule has 2 bridgehead atoms. The molecule has 3 aliphatic carbocycles. The summed E-state index contributed by atoms with van der Waals surface area (Å²) in [6, 6.07) is 11.3. The average Bonchev–Trinajstić information content (AvgIpc) is 2.56. The van der Waals surface area contributed by atoms with Crippen LogP contribution in [0, 0.1) is 28.1 Å². The number of hydrogen-bond donors (Lipinski definition) is 1. The Balaban J connectivity index is 1.74. The number of fused-ring (bicyclic) bond motifs is 3. The molecule has 1 aromatic rings. The zero-order chi connectivity index (χ0) is 14.9. The molecule has 3 saturated carbocycles. The molecule has 0 atom stereocenters. The lowest BCUT2D eigenvalue weighted by atomic mass is 9.58. The third kappa shape index (κ3) is 2.38. The molecule has 0 aliphatic heterocycles. The minimum Gasteiger partial charge on any atom is -0.347 e. The van der Waals surface area contributed by atoms with Crippen LogP contribution in [0.15, 0.2) is 24.3 Å². The molecule has 0 unspecified atom stereocenters. The van der Waals surface area contributed by atoms with Crippen molar-refractivity contribution in [3.8, 4) is 12.1 Å². The van der Waals surface area contributed by atoms with Gasteiger partial charge in [0.1, 0.15) is 0 Å². The number of nitrogens with one attached hydrogen (secondary N) is 1. The number of rotatable bonds is 2. The molecule has 0 saturated heterocycles. The maximum atomic E-state index is 12.4. The van der Waals surface area contributed by atoms with Gasteiger partial charge in [-0.25, -0.2) is 0 Å². The van der Waals surface area contributed by atoms with E-state index in [4.69, 9.17) is 5.26 Å². The lowest BCUT2D eigenvalue weighted by Gasteiger charge is -2.50. The molecular formula is C17H17N3O. The molecule has 0 spiro atoms. The summed E-state index contributed by atoms with van der Waals surface area (Å²) in [6.45, 7) is 0. The van der Waals surface area contributed by atoms with Crippen molar-refractivity contribution in [2.45, 2.75) is 44.1 Å². The number of hydrogen-bond acceptors (Lipinski definition) is 3. The number of nitriles is 2. The number of nitrogens with zero attached hydrogens (tertiary/aromatic N) is 2. The quantitative estimate of drug-likeness (QED) is 0.904. The maximum Gasteiger partial charge on any atom is 0.251 e. The monoisotopic (exact) mass is 279 g/mol. The van der Waals surface area contributed by atoms with Crippen molar-refractivity contribution in [1.29, 1.82) is 10.5 Å². The van der Waals surface area contributed by atoms with Gasteiger partial charge in [-0.2, -0.15) is 10.5 Å². The van der Waals surface area contributed by atoms with Crippen molar-refractivity contribution < 1.29 is 4.79 Å². The fourth-order valence-electron chi connectivity index (χ4n) is 3.58. The lowest BCUT2D eigenvalue weighted by Crippen LogP contribution is -2.56. The van der Waals surface area contributed by atoms with E-state index in [1.54, 1.807) is 24.3 Å². The summed E-state index contributed by atoms with van der Waals surface area (Å²) in [6.07, 6.45) is 5.27. The Morgan fingerprint density at radius 2 is 1.76 bits per heavy atom. The Hall–Kier alpha value is -2.33. The van der Waals surface area contributed by atoms with Gasteiger partial charge in [0.25, 0.3) is 5.91 Å². The molecule has 1 amide bonds. The van der Waals surface area contributed by atoms with Crippen molar-refractivity contribution in [1.82, 2.24) is 5.32 Å². The minimum absolute atomic E-state index is 0.113. The van der Waals surface area contributed by atoms with Gasteiger partial charge in [-0.05, 0) is 56.7 Å². The van der Waals surface area contributed by atoms with Crippen LogP contribution in [-0.4, -0.2) is 11.4 Å². The van der Waals surface area contributed by atoms with Gasteiger partial charge in [0.15, 0.2) is 0 Å². The van der Waals surface area contributed by atoms with E-state index < -0.39 is 0 Å². The van der Waals surface area contributed by atoms with Crippen LogP contribution in [0.5, 0.6) is 0 Å². The molecule has 1 aromatic carbocycles. The highest BCUT2D eigenvalue weighted by Crippen LogP contribution is 2.51. The first-order chi connectivity index (χ1) is 10.1. The van der Waals surface area contributed by atoms with Crippen LogP contribution in [-0.2, 0) is 0 Å². The first-order valence-corrected chi connectivity index (χ1v) is 7.34. The molecule has 4 rings (SSSR count). The first-order valence-electron chi connectivity index (χ1n) is 7.34. The van der Waals surface area contributed by atoms with Gasteiger partial charge in [0, 0.05) is 11.1 Å². The molecule has 4 nitrogen and oxygen atoms in total. The Morgan fingerprint density at radius 1 is 1.10 bits per heavy atom. The Bertz CT molecular complexity index is 641. The Labute approximate surface area is 124 Å². The van der Waals surface area contributed by atoms with E-state index in [0.29, 0.717) is 11.1 Å². The van der Waals surface area contributed by atoms with E-state index >= 15 is 0 Å². The molecule has 0 heterocycles. The minimum atomic E-state index is -0.154. The smallest absolute Gasteiger partial charge is 0.251 e. The SMILES string of the molecule is N#Cc1cccc(C(=O)NC23CCC(C#N)(CC2)CC3)c1. The zero-order valence-corrected chi connectivity index (χ0v) is 11.9. The van der Waals surface area contributed by atoms with Crippen LogP contribution in [0.3, 0.4) is 0 Å². The summed E-state index contributed by atoms with van der Waals surface area (Å²) < 4.78 is 0. The normalized spacial score (nSPS) is 30.2. The lowest BCUT2D eigenvalue weighted by molar-refractivity contribution is 0.0521. The molecule has 4 heteroatoms. The predicted molar refractivity (Wildman–Crippen MR) is 77.1 cm³/mol. The van der Waals surface area contributed by atoms with E-state index in [2.05, 4.69) is 17.5 Å². The summed E-state index contributed by atoms with van der Waals surface area (Å²) >= 11 is 0. The maximum absolute atomic E-state index is 12.4. The van der Waals surface area contributed by atoms with E-state index in [9.17, 15) is 10.1 Å². The van der Waals surface area contributed by atoms with Crippen molar-refractivity contribution in [3.05, 3.63) is 35.4 Å². The van der Waals surface area contributed by atoms with Gasteiger partial charge >= 0.3 is 0 Å². The molecule has 0 aromatic heterocycles. The van der Waals surface area contributed by atoms with E-state index in [1.807, 2.05) is 0 Å². The molecular weight excluding hydrogens is 262 g/mol. The van der Waals surface area contributed by atoms with E-state index in [-0.39, 0.29) is 16.9 Å². The van der Waals surface area contributed by atoms with Crippen LogP contribution in [0.1, 0.15) is 54.4 Å². The van der Waals surface area contributed by atoms with Gasteiger partial charge < -0.3 is 5.32 Å². The predicted octanol–water partition coefficient (Wildman–Crippen LogP) is 2.90. The number of carbonyl (C=O) groups excluding carboxylic acids is 1. The van der Waals surface area contributed by atoms with Crippen LogP contribution in [0.4, 0.5) is 0 Å². The highest BCUT2D eigenvalue weighted by Gasteiger charge is 2.49. The summed E-state index contributed by atoms with van der Waals surface area (Å²) in [5.74, 6) is -0.113. The van der Waals surface area contributed by atoms with Gasteiger partial charge in [0.2, 0.25) is 0 Å². The molecule has 106 valence electrons. The third-order valence-electron chi connectivity index (χ3n) is 5.12. The topological polar surface area (TPSA) is 76.7 Å². The summed E-state index contributed by atoms with van der Waals surface area (Å²) in [5.41, 5.74) is 0.730. The first kappa shape index (κ1) is 13.6. The van der Waals surface area contributed by atoms with Crippen molar-refractivity contribution in [2.24, 2.45) is 5.41 Å². The second-order valence-corrected chi connectivity index (χ2v) is 6.32. The summed E-state index contributed by atoms with van der Waals surface area (Å²) in [7, 11) is 0. The van der Waals surface area contributed by atoms with Gasteiger partial charge in [-0.1, -0.05) is 6.07 Å². The Morgan fingerprint density at radius 3 is 2.33 bits per heavy atom. The number of amides is 1. The third-order valence-corrected chi connectivity index (χ3v) is 5.12. The summed E-state index contributed by atoms with van der Waals surface area (Å²) in [5, 5.41) is 21.4. The average molecular weight is 279 g/mol. The van der Waals surface area contributed by atoms with Crippen LogP contribution < -0.4 is 5.32 Å². The van der Waals surface area contributed by atoms with Crippen LogP contribution >= 0.6 is 0 Å². The van der Waals surface area contributed by atoms with E-state index in [1.165, 1.54) is 0 Å². The Kier molecular flexibility index (Phi) is 3.18. The van der Waals surface area contributed by atoms with Crippen LogP contribution in [0.2, 0.25) is 0 Å². The van der Waals surface area contributed by atoms with Gasteiger partial charge in [-0.3, -0.25) is 4.79 Å². The van der Waals surface area contributed by atoms with E-state index in [0.717, 1.165) is 38.5 Å². The van der Waals surface area contributed by atoms with Gasteiger partial charge in [-0.15, -0.1) is 0 Å². The molecule has 3 fully saturated rings. The highest BCUT2D eigenvalue weighted by atomic mass is 16.1. The zero-order valence-electron chi connectivity index (χ0n) is 11.9. The van der Waals surface area contributed by atoms with Crippen LogP contribution in [0.25, 0.3) is 0 Å². The van der Waals surface area contributed by atoms with Crippen molar-refractivity contribution in [2.75, 3.05) is 0 Å². The van der Waals surface area contributed by atoms with Crippen molar-refractivity contribution in [3.63, 3.8) is 0 Å². The second kappa shape index (κ2) is 4.90. The number of benzene rings is 1. The van der Waals surface area contributed by atoms with Gasteiger partial charge in [0.05, 0.1) is 23.1 Å². The summed E-state index contributed by atoms with van der Waals surface area (Å²) in [4.78, 5) is 12.4. The molecule has 3 aliphatic rings. The fourth-order valence-corrected chi connectivity index (χ4v) is 3.58. The molecule has 1 N–H and O–H groups in total. The van der Waals surface area contributed by atoms with Crippen molar-refractivity contribution >= 4 is 5.91 Å². The second-order valence-electron chi connectivity index (χ2n) is 6.32. The largest absolute Gasteiger partial charge is 0.347 e. The fraction of sp³-hybridized carbons (Fsp3) is 0.471. The number of carbonyl (C=O) groups is 1.